The second-order valence-electron chi connectivity index (χ2n) is 5.28. The highest BCUT2D eigenvalue weighted by molar-refractivity contribution is 7.90. The maximum Gasteiger partial charge on any atom is 0.319 e. The van der Waals surface area contributed by atoms with E-state index < -0.39 is 9.84 Å². The summed E-state index contributed by atoms with van der Waals surface area (Å²) in [4.78, 5) is 12.0. The second kappa shape index (κ2) is 7.57. The van der Waals surface area contributed by atoms with Gasteiger partial charge in [0.25, 0.3) is 0 Å². The number of urea groups is 1. The normalized spacial score (nSPS) is 19.2. The van der Waals surface area contributed by atoms with Crippen LogP contribution in [0.1, 0.15) is 0 Å². The van der Waals surface area contributed by atoms with E-state index in [1.165, 1.54) is 12.1 Å². The van der Waals surface area contributed by atoms with Gasteiger partial charge in [-0.1, -0.05) is 0 Å². The monoisotopic (exact) mass is 327 g/mol. The Hall–Kier alpha value is -1.64. The van der Waals surface area contributed by atoms with Crippen LogP contribution in [-0.2, 0) is 14.6 Å². The molecule has 0 radical (unpaired) electrons. The summed E-state index contributed by atoms with van der Waals surface area (Å²) in [5.74, 6) is 0.237. The first-order valence-electron chi connectivity index (χ1n) is 7.08. The molecule has 7 nitrogen and oxygen atoms in total. The third-order valence-electron chi connectivity index (χ3n) is 3.30. The Kier molecular flexibility index (Phi) is 5.76. The van der Waals surface area contributed by atoms with Crippen molar-refractivity contribution < 1.29 is 17.9 Å². The summed E-state index contributed by atoms with van der Waals surface area (Å²) in [7, 11) is -3.23. The lowest BCUT2D eigenvalue weighted by molar-refractivity contribution is 0.123. The van der Waals surface area contributed by atoms with E-state index >= 15 is 0 Å². The van der Waals surface area contributed by atoms with Crippen LogP contribution >= 0.6 is 0 Å². The quantitative estimate of drug-likeness (QED) is 0.746. The molecule has 0 aromatic heterocycles. The molecule has 1 aromatic carbocycles. The van der Waals surface area contributed by atoms with Crippen molar-refractivity contribution in [1.82, 2.24) is 10.6 Å². The second-order valence-corrected chi connectivity index (χ2v) is 7.29. The molecular formula is C14H21N3O4S. The van der Waals surface area contributed by atoms with E-state index in [1.807, 2.05) is 0 Å². The van der Waals surface area contributed by atoms with Crippen LogP contribution in [0.15, 0.2) is 29.2 Å². The topological polar surface area (TPSA) is 96.5 Å². The summed E-state index contributed by atoms with van der Waals surface area (Å²) in [6, 6.07) is 5.73. The molecule has 1 aliphatic heterocycles. The fourth-order valence-corrected chi connectivity index (χ4v) is 2.72. The van der Waals surface area contributed by atoms with Crippen molar-refractivity contribution in [2.24, 2.45) is 5.92 Å². The van der Waals surface area contributed by atoms with Crippen LogP contribution in [0.25, 0.3) is 0 Å². The van der Waals surface area contributed by atoms with E-state index in [0.717, 1.165) is 19.3 Å². The molecule has 1 aliphatic rings. The largest absolute Gasteiger partial charge is 0.380 e. The fourth-order valence-electron chi connectivity index (χ4n) is 2.09. The first kappa shape index (κ1) is 16.7. The average Bonchev–Trinajstić information content (AvgIpc) is 2.73. The summed E-state index contributed by atoms with van der Waals surface area (Å²) in [5, 5.41) is 8.69. The van der Waals surface area contributed by atoms with Gasteiger partial charge in [-0.2, -0.15) is 0 Å². The Morgan fingerprint density at radius 1 is 1.36 bits per heavy atom. The highest BCUT2D eigenvalue weighted by atomic mass is 32.2. The van der Waals surface area contributed by atoms with Crippen LogP contribution in [-0.4, -0.2) is 53.6 Å². The molecule has 1 atom stereocenters. The minimum absolute atomic E-state index is 0.222. The Morgan fingerprint density at radius 2 is 2.09 bits per heavy atom. The predicted octanol–water partition coefficient (Wildman–Crippen LogP) is 0.448. The first-order chi connectivity index (χ1) is 10.4. The number of nitrogens with one attached hydrogen (secondary N) is 3. The van der Waals surface area contributed by atoms with Gasteiger partial charge in [0.15, 0.2) is 9.84 Å². The number of ether oxygens (including phenoxy) is 1. The van der Waals surface area contributed by atoms with Crippen molar-refractivity contribution in [3.63, 3.8) is 0 Å². The van der Waals surface area contributed by atoms with Crippen LogP contribution in [0, 0.1) is 5.92 Å². The number of hydrogen-bond donors (Lipinski definition) is 3. The molecule has 1 fully saturated rings. The van der Waals surface area contributed by atoms with Gasteiger partial charge in [-0.05, 0) is 24.3 Å². The van der Waals surface area contributed by atoms with Crippen LogP contribution in [0.3, 0.4) is 0 Å². The molecule has 2 amide bonds. The van der Waals surface area contributed by atoms with Gasteiger partial charge in [-0.15, -0.1) is 0 Å². The molecule has 0 unspecified atom stereocenters. The summed E-state index contributed by atoms with van der Waals surface area (Å²) in [5.41, 5.74) is 0.542. The van der Waals surface area contributed by atoms with E-state index in [-0.39, 0.29) is 16.8 Å². The number of rotatable bonds is 4. The molecule has 22 heavy (non-hydrogen) atoms. The van der Waals surface area contributed by atoms with Crippen LogP contribution < -0.4 is 16.0 Å². The highest BCUT2D eigenvalue weighted by Crippen LogP contribution is 2.13. The fraction of sp³-hybridized carbons (Fsp3) is 0.500. The lowest BCUT2D eigenvalue weighted by Crippen LogP contribution is -2.37. The molecule has 2 rings (SSSR count). The maximum atomic E-state index is 11.8. The smallest absolute Gasteiger partial charge is 0.319 e. The molecule has 8 heteroatoms. The molecule has 1 saturated heterocycles. The number of amides is 2. The maximum absolute atomic E-state index is 11.8. The number of carbonyl (C=O) groups excluding carboxylic acids is 1. The summed E-state index contributed by atoms with van der Waals surface area (Å²) in [6.45, 7) is 3.46. The van der Waals surface area contributed by atoms with Crippen molar-refractivity contribution in [2.45, 2.75) is 4.90 Å². The van der Waals surface area contributed by atoms with Gasteiger partial charge in [0.05, 0.1) is 18.1 Å². The van der Waals surface area contributed by atoms with Gasteiger partial charge < -0.3 is 20.7 Å². The van der Waals surface area contributed by atoms with Crippen molar-refractivity contribution >= 4 is 21.6 Å². The minimum Gasteiger partial charge on any atom is -0.380 e. The minimum atomic E-state index is -3.23. The standard InChI is InChI=1S/C14H21N3O4S/c1-22(19,20)13-4-2-12(3-5-13)17-14(18)16-9-11-8-15-6-7-21-10-11/h2-5,11,15H,6-10H2,1H3,(H2,16,17,18)/t11-/m0/s1. The molecule has 122 valence electrons. The van der Waals surface area contributed by atoms with Gasteiger partial charge >= 0.3 is 6.03 Å². The third-order valence-corrected chi connectivity index (χ3v) is 4.43. The van der Waals surface area contributed by atoms with E-state index in [2.05, 4.69) is 16.0 Å². The Bertz CT molecular complexity index is 593. The number of carbonyl (C=O) groups is 1. The Balaban J connectivity index is 1.81. The lowest BCUT2D eigenvalue weighted by atomic mass is 10.1. The Morgan fingerprint density at radius 3 is 2.77 bits per heavy atom. The van der Waals surface area contributed by atoms with Gasteiger partial charge in [-0.25, -0.2) is 13.2 Å². The molecular weight excluding hydrogens is 306 g/mol. The molecule has 1 aromatic rings. The zero-order valence-corrected chi connectivity index (χ0v) is 13.3. The van der Waals surface area contributed by atoms with Crippen molar-refractivity contribution in [1.29, 1.82) is 0 Å². The third kappa shape index (κ3) is 5.28. The van der Waals surface area contributed by atoms with E-state index in [1.54, 1.807) is 12.1 Å². The van der Waals surface area contributed by atoms with Crippen molar-refractivity contribution in [3.05, 3.63) is 24.3 Å². The number of benzene rings is 1. The number of hydrogen-bond acceptors (Lipinski definition) is 5. The van der Waals surface area contributed by atoms with Gasteiger partial charge in [-0.3, -0.25) is 0 Å². The van der Waals surface area contributed by atoms with E-state index in [0.29, 0.717) is 25.4 Å². The highest BCUT2D eigenvalue weighted by Gasteiger charge is 2.13. The lowest BCUT2D eigenvalue weighted by Gasteiger charge is -2.15. The zero-order chi connectivity index (χ0) is 16.0. The summed E-state index contributed by atoms with van der Waals surface area (Å²) >= 11 is 0. The van der Waals surface area contributed by atoms with Gasteiger partial charge in [0.2, 0.25) is 0 Å². The van der Waals surface area contributed by atoms with E-state index in [9.17, 15) is 13.2 Å². The Labute approximate surface area is 130 Å². The molecule has 1 heterocycles. The summed E-state index contributed by atoms with van der Waals surface area (Å²) < 4.78 is 28.1. The summed E-state index contributed by atoms with van der Waals surface area (Å²) in [6.07, 6.45) is 1.14. The van der Waals surface area contributed by atoms with Gasteiger partial charge in [0, 0.05) is 37.5 Å². The zero-order valence-electron chi connectivity index (χ0n) is 12.5. The van der Waals surface area contributed by atoms with Gasteiger partial charge in [0.1, 0.15) is 0 Å². The molecule has 0 saturated carbocycles. The van der Waals surface area contributed by atoms with E-state index in [4.69, 9.17) is 4.74 Å². The average molecular weight is 327 g/mol. The van der Waals surface area contributed by atoms with Crippen molar-refractivity contribution in [3.8, 4) is 0 Å². The number of anilines is 1. The molecule has 3 N–H and O–H groups in total. The SMILES string of the molecule is CS(=O)(=O)c1ccc(NC(=O)NC[C@@H]2CNCCOC2)cc1. The van der Waals surface area contributed by atoms with Crippen molar-refractivity contribution in [2.75, 3.05) is 44.4 Å². The van der Waals surface area contributed by atoms with Crippen LogP contribution in [0.4, 0.5) is 10.5 Å². The van der Waals surface area contributed by atoms with Crippen LogP contribution in [0.2, 0.25) is 0 Å². The molecule has 0 spiro atoms. The first-order valence-corrected chi connectivity index (χ1v) is 8.98. The number of sulfone groups is 1. The predicted molar refractivity (Wildman–Crippen MR) is 83.8 cm³/mol. The molecule has 0 bridgehead atoms. The molecule has 0 aliphatic carbocycles. The van der Waals surface area contributed by atoms with Crippen LogP contribution in [0.5, 0.6) is 0 Å².